The Balaban J connectivity index is 2.10. The average molecular weight is 427 g/mol. The van der Waals surface area contributed by atoms with Gasteiger partial charge in [-0.15, -0.1) is 0 Å². The van der Waals surface area contributed by atoms with E-state index < -0.39 is 14.9 Å². The third-order valence-electron chi connectivity index (χ3n) is 5.24. The number of allylic oxidation sites excluding steroid dienone is 2. The van der Waals surface area contributed by atoms with Crippen LogP contribution in [0.25, 0.3) is 5.57 Å². The van der Waals surface area contributed by atoms with Gasteiger partial charge in [0.2, 0.25) is 10.0 Å². The van der Waals surface area contributed by atoms with Crippen molar-refractivity contribution in [3.63, 3.8) is 0 Å². The molecule has 1 heterocycles. The molecule has 1 unspecified atom stereocenters. The highest BCUT2D eigenvalue weighted by atomic mass is 32.2. The minimum atomic E-state index is -3.85. The Bertz CT molecular complexity index is 1080. The quantitative estimate of drug-likeness (QED) is 0.382. The molecule has 2 aromatic carbocycles. The molecule has 1 aliphatic rings. The maximum absolute atomic E-state index is 13.3. The van der Waals surface area contributed by atoms with Gasteiger partial charge in [-0.25, -0.2) is 8.42 Å². The summed E-state index contributed by atoms with van der Waals surface area (Å²) in [7, 11) is -3.85. The average Bonchev–Trinajstić information content (AvgIpc) is 2.72. The summed E-state index contributed by atoms with van der Waals surface area (Å²) in [5, 5.41) is 12.0. The van der Waals surface area contributed by atoms with Crippen molar-refractivity contribution in [1.82, 2.24) is 4.31 Å². The van der Waals surface area contributed by atoms with E-state index in [0.717, 1.165) is 16.7 Å². The zero-order valence-electron chi connectivity index (χ0n) is 17.4. The molecule has 158 valence electrons. The Labute approximate surface area is 177 Å². The van der Waals surface area contributed by atoms with E-state index in [1.165, 1.54) is 4.31 Å². The summed E-state index contributed by atoms with van der Waals surface area (Å²) in [6.45, 7) is 5.75. The van der Waals surface area contributed by atoms with Crippen molar-refractivity contribution in [2.45, 2.75) is 32.1 Å². The van der Waals surface area contributed by atoms with Gasteiger partial charge >= 0.3 is 0 Å². The number of nitrogens with zero attached hydrogens (tertiary/aromatic N) is 2. The second-order valence-corrected chi connectivity index (χ2v) is 9.75. The Morgan fingerprint density at radius 3 is 2.33 bits per heavy atom. The number of hydrogen-bond donors (Lipinski definition) is 0. The summed E-state index contributed by atoms with van der Waals surface area (Å²) in [5.41, 5.74) is 3.36. The summed E-state index contributed by atoms with van der Waals surface area (Å²) in [5.74, 6) is -0.309. The number of benzene rings is 2. The SMILES string of the molecule is CC(C)=CCC1CN(S(=O)(=O)c2ccc(C)cc2)CC([N+](=O)[O-])=C1c1ccccc1. The summed E-state index contributed by atoms with van der Waals surface area (Å²) in [6, 6.07) is 15.8. The Hall–Kier alpha value is -2.77. The molecule has 0 saturated heterocycles. The van der Waals surface area contributed by atoms with Crippen LogP contribution in [0.2, 0.25) is 0 Å². The third-order valence-corrected chi connectivity index (χ3v) is 7.07. The number of sulfonamides is 1. The molecule has 0 bridgehead atoms. The molecule has 0 fully saturated rings. The normalized spacial score (nSPS) is 17.6. The van der Waals surface area contributed by atoms with Gasteiger partial charge in [0.05, 0.1) is 9.82 Å². The minimum Gasteiger partial charge on any atom is -0.259 e. The van der Waals surface area contributed by atoms with E-state index in [1.807, 2.05) is 57.2 Å². The second kappa shape index (κ2) is 8.93. The lowest BCUT2D eigenvalue weighted by Gasteiger charge is -2.32. The molecule has 30 heavy (non-hydrogen) atoms. The lowest BCUT2D eigenvalue weighted by molar-refractivity contribution is -0.427. The molecule has 1 atom stereocenters. The summed E-state index contributed by atoms with van der Waals surface area (Å²) >= 11 is 0. The van der Waals surface area contributed by atoms with E-state index in [2.05, 4.69) is 0 Å². The first kappa shape index (κ1) is 21.9. The van der Waals surface area contributed by atoms with Crippen LogP contribution in [0.15, 0.2) is 76.8 Å². The molecule has 2 aromatic rings. The van der Waals surface area contributed by atoms with Crippen LogP contribution in [-0.2, 0) is 10.0 Å². The summed E-state index contributed by atoms with van der Waals surface area (Å²) < 4.78 is 27.8. The molecule has 6 nitrogen and oxygen atoms in total. The fourth-order valence-corrected chi connectivity index (χ4v) is 5.12. The van der Waals surface area contributed by atoms with Crippen LogP contribution in [-0.4, -0.2) is 30.7 Å². The van der Waals surface area contributed by atoms with Crippen molar-refractivity contribution >= 4 is 15.6 Å². The summed E-state index contributed by atoms with van der Waals surface area (Å²) in [4.78, 5) is 11.7. The molecule has 0 saturated carbocycles. The van der Waals surface area contributed by atoms with Crippen LogP contribution < -0.4 is 0 Å². The van der Waals surface area contributed by atoms with Gasteiger partial charge in [0.25, 0.3) is 5.70 Å². The van der Waals surface area contributed by atoms with E-state index in [9.17, 15) is 18.5 Å². The topological polar surface area (TPSA) is 80.5 Å². The van der Waals surface area contributed by atoms with Gasteiger partial charge in [-0.2, -0.15) is 4.31 Å². The van der Waals surface area contributed by atoms with Crippen LogP contribution in [0.5, 0.6) is 0 Å². The molecular weight excluding hydrogens is 400 g/mol. The highest BCUT2D eigenvalue weighted by Crippen LogP contribution is 2.37. The first-order valence-electron chi connectivity index (χ1n) is 9.83. The van der Waals surface area contributed by atoms with Crippen molar-refractivity contribution in [3.8, 4) is 0 Å². The number of rotatable bonds is 6. The first-order chi connectivity index (χ1) is 14.2. The fraction of sp³-hybridized carbons (Fsp3) is 0.304. The van der Waals surface area contributed by atoms with Gasteiger partial charge in [0, 0.05) is 18.0 Å². The van der Waals surface area contributed by atoms with E-state index in [0.29, 0.717) is 12.0 Å². The predicted molar refractivity (Wildman–Crippen MR) is 118 cm³/mol. The summed E-state index contributed by atoms with van der Waals surface area (Å²) in [6.07, 6.45) is 2.54. The van der Waals surface area contributed by atoms with Gasteiger partial charge in [0.15, 0.2) is 0 Å². The number of nitro groups is 1. The highest BCUT2D eigenvalue weighted by molar-refractivity contribution is 7.89. The molecule has 0 aromatic heterocycles. The highest BCUT2D eigenvalue weighted by Gasteiger charge is 2.39. The minimum absolute atomic E-state index is 0.0599. The molecule has 0 spiro atoms. The molecule has 7 heteroatoms. The molecular formula is C23H26N2O4S. The van der Waals surface area contributed by atoms with Crippen molar-refractivity contribution in [3.05, 3.63) is 93.2 Å². The Kier molecular flexibility index (Phi) is 6.53. The van der Waals surface area contributed by atoms with Crippen LogP contribution in [0, 0.1) is 23.0 Å². The van der Waals surface area contributed by atoms with Crippen LogP contribution >= 0.6 is 0 Å². The van der Waals surface area contributed by atoms with Crippen molar-refractivity contribution in [2.24, 2.45) is 5.92 Å². The van der Waals surface area contributed by atoms with Gasteiger partial charge in [0.1, 0.15) is 6.54 Å². The largest absolute Gasteiger partial charge is 0.265 e. The first-order valence-corrected chi connectivity index (χ1v) is 11.3. The van der Waals surface area contributed by atoms with E-state index in [-0.39, 0.29) is 29.6 Å². The van der Waals surface area contributed by atoms with E-state index in [4.69, 9.17) is 0 Å². The van der Waals surface area contributed by atoms with Gasteiger partial charge in [-0.3, -0.25) is 10.1 Å². The molecule has 0 amide bonds. The van der Waals surface area contributed by atoms with Gasteiger partial charge in [-0.05, 0) is 44.9 Å². The van der Waals surface area contributed by atoms with Crippen LogP contribution in [0.3, 0.4) is 0 Å². The van der Waals surface area contributed by atoms with Gasteiger partial charge in [-0.1, -0.05) is 59.7 Å². The smallest absolute Gasteiger partial charge is 0.259 e. The molecule has 0 radical (unpaired) electrons. The maximum atomic E-state index is 13.3. The van der Waals surface area contributed by atoms with Crippen molar-refractivity contribution in [2.75, 3.05) is 13.1 Å². The third kappa shape index (κ3) is 4.68. The van der Waals surface area contributed by atoms with Crippen LogP contribution in [0.1, 0.15) is 31.4 Å². The van der Waals surface area contributed by atoms with E-state index in [1.54, 1.807) is 24.3 Å². The fourth-order valence-electron chi connectivity index (χ4n) is 3.68. The lowest BCUT2D eigenvalue weighted by atomic mass is 9.85. The Morgan fingerprint density at radius 2 is 1.77 bits per heavy atom. The number of aryl methyl sites for hydroxylation is 1. The van der Waals surface area contributed by atoms with Gasteiger partial charge < -0.3 is 0 Å². The molecule has 1 aliphatic heterocycles. The van der Waals surface area contributed by atoms with Crippen LogP contribution in [0.4, 0.5) is 0 Å². The number of hydrogen-bond acceptors (Lipinski definition) is 4. The van der Waals surface area contributed by atoms with E-state index >= 15 is 0 Å². The lowest BCUT2D eigenvalue weighted by Crippen LogP contribution is -2.42. The van der Waals surface area contributed by atoms with Crippen molar-refractivity contribution < 1.29 is 13.3 Å². The monoisotopic (exact) mass is 426 g/mol. The molecule has 0 aliphatic carbocycles. The second-order valence-electron chi connectivity index (χ2n) is 7.81. The zero-order chi connectivity index (χ0) is 21.9. The maximum Gasteiger partial charge on any atom is 0.265 e. The Morgan fingerprint density at radius 1 is 1.13 bits per heavy atom. The predicted octanol–water partition coefficient (Wildman–Crippen LogP) is 4.66. The van der Waals surface area contributed by atoms with Crippen molar-refractivity contribution in [1.29, 1.82) is 0 Å². The zero-order valence-corrected chi connectivity index (χ0v) is 18.2. The molecule has 3 rings (SSSR count). The molecule has 0 N–H and O–H groups in total. The standard InChI is InChI=1S/C23H26N2O4S/c1-17(2)9-12-20-15-24(30(28,29)21-13-10-18(3)11-14-21)16-22(25(26)27)23(20)19-7-5-4-6-8-19/h4-11,13-14,20H,12,15-16H2,1-3H3.